The van der Waals surface area contributed by atoms with Gasteiger partial charge in [-0.1, -0.05) is 42.5 Å². The van der Waals surface area contributed by atoms with Crippen LogP contribution < -0.4 is 5.32 Å². The number of carbonyl (C=O) groups is 2. The lowest BCUT2D eigenvalue weighted by atomic mass is 9.99. The number of rotatable bonds is 4. The van der Waals surface area contributed by atoms with E-state index in [-0.39, 0.29) is 6.10 Å². The van der Waals surface area contributed by atoms with Crippen LogP contribution in [0.2, 0.25) is 0 Å². The standard InChI is InChI=1S/C20H18N2O3/c23-19(17-11-21-18-8-4-3-7-16(17)18)20(24)22-10-15-9-13-5-1-2-6-14(13)12-25-15/h1-8,11,15,21H,9-10,12H2,(H,22,24). The molecule has 126 valence electrons. The highest BCUT2D eigenvalue weighted by atomic mass is 16.5. The van der Waals surface area contributed by atoms with E-state index >= 15 is 0 Å². The molecule has 25 heavy (non-hydrogen) atoms. The molecule has 2 N–H and O–H groups in total. The van der Waals surface area contributed by atoms with Gasteiger partial charge in [-0.2, -0.15) is 0 Å². The molecule has 1 aliphatic heterocycles. The van der Waals surface area contributed by atoms with Crippen molar-refractivity contribution in [3.63, 3.8) is 0 Å². The van der Waals surface area contributed by atoms with Crippen LogP contribution >= 0.6 is 0 Å². The van der Waals surface area contributed by atoms with Crippen molar-refractivity contribution >= 4 is 22.6 Å². The Morgan fingerprint density at radius 3 is 2.72 bits per heavy atom. The summed E-state index contributed by atoms with van der Waals surface area (Å²) in [6.45, 7) is 0.856. The molecule has 0 fully saturated rings. The number of hydrogen-bond acceptors (Lipinski definition) is 3. The molecule has 2 heterocycles. The first-order chi connectivity index (χ1) is 12.2. The molecule has 3 aromatic rings. The summed E-state index contributed by atoms with van der Waals surface area (Å²) in [5.74, 6) is -1.14. The first-order valence-electron chi connectivity index (χ1n) is 8.29. The largest absolute Gasteiger partial charge is 0.371 e. The second kappa shape index (κ2) is 6.53. The van der Waals surface area contributed by atoms with Crippen molar-refractivity contribution in [3.05, 3.63) is 71.4 Å². The van der Waals surface area contributed by atoms with E-state index in [0.29, 0.717) is 18.7 Å². The predicted molar refractivity (Wildman–Crippen MR) is 94.4 cm³/mol. The summed E-state index contributed by atoms with van der Waals surface area (Å²) in [4.78, 5) is 27.7. The fourth-order valence-electron chi connectivity index (χ4n) is 3.21. The van der Waals surface area contributed by atoms with Gasteiger partial charge in [0.05, 0.1) is 18.3 Å². The van der Waals surface area contributed by atoms with Crippen molar-refractivity contribution in [2.75, 3.05) is 6.54 Å². The average Bonchev–Trinajstić information content (AvgIpc) is 3.09. The first kappa shape index (κ1) is 15.6. The first-order valence-corrected chi connectivity index (χ1v) is 8.29. The third-order valence-corrected chi connectivity index (χ3v) is 4.57. The van der Waals surface area contributed by atoms with Gasteiger partial charge in [-0.05, 0) is 17.2 Å². The van der Waals surface area contributed by atoms with Crippen LogP contribution in [0, 0.1) is 0 Å². The number of ether oxygens (including phenoxy) is 1. The molecule has 0 saturated carbocycles. The highest BCUT2D eigenvalue weighted by molar-refractivity contribution is 6.44. The third kappa shape index (κ3) is 3.06. The molecule has 1 aromatic heterocycles. The molecule has 0 saturated heterocycles. The van der Waals surface area contributed by atoms with E-state index in [0.717, 1.165) is 17.3 Å². The SMILES string of the molecule is O=C(NCC1Cc2ccccc2CO1)C(=O)c1c[nH]c2ccccc12. The zero-order valence-electron chi connectivity index (χ0n) is 13.6. The van der Waals surface area contributed by atoms with Crippen LogP contribution in [0.3, 0.4) is 0 Å². The maximum atomic E-state index is 12.4. The number of hydrogen-bond donors (Lipinski definition) is 2. The van der Waals surface area contributed by atoms with E-state index in [4.69, 9.17) is 4.74 Å². The van der Waals surface area contributed by atoms with Gasteiger partial charge in [-0.3, -0.25) is 9.59 Å². The number of H-pyrrole nitrogens is 1. The molecule has 5 nitrogen and oxygen atoms in total. The monoisotopic (exact) mass is 334 g/mol. The normalized spacial score (nSPS) is 16.4. The molecular weight excluding hydrogens is 316 g/mol. The van der Waals surface area contributed by atoms with E-state index in [1.54, 1.807) is 6.20 Å². The Bertz CT molecular complexity index is 945. The topological polar surface area (TPSA) is 71.2 Å². The van der Waals surface area contributed by atoms with Crippen LogP contribution in [0.4, 0.5) is 0 Å². The zero-order valence-corrected chi connectivity index (χ0v) is 13.6. The van der Waals surface area contributed by atoms with E-state index in [2.05, 4.69) is 16.4 Å². The molecule has 4 rings (SSSR count). The molecule has 1 unspecified atom stereocenters. The minimum Gasteiger partial charge on any atom is -0.371 e. The van der Waals surface area contributed by atoms with Crippen LogP contribution in [0.5, 0.6) is 0 Å². The van der Waals surface area contributed by atoms with Gasteiger partial charge in [0, 0.05) is 30.1 Å². The Kier molecular flexibility index (Phi) is 4.07. The molecule has 2 aromatic carbocycles. The molecule has 1 atom stereocenters. The Morgan fingerprint density at radius 1 is 1.08 bits per heavy atom. The number of Topliss-reactive ketones (excluding diaryl/α,β-unsaturated/α-hetero) is 1. The van der Waals surface area contributed by atoms with Crippen molar-refractivity contribution < 1.29 is 14.3 Å². The quantitative estimate of drug-likeness (QED) is 0.569. The smallest absolute Gasteiger partial charge is 0.292 e. The molecule has 0 radical (unpaired) electrons. The van der Waals surface area contributed by atoms with E-state index < -0.39 is 11.7 Å². The molecule has 0 aliphatic carbocycles. The Labute approximate surface area is 145 Å². The van der Waals surface area contributed by atoms with Crippen molar-refractivity contribution in [3.8, 4) is 0 Å². The number of amides is 1. The van der Waals surface area contributed by atoms with Crippen molar-refractivity contribution in [2.45, 2.75) is 19.1 Å². The summed E-state index contributed by atoms with van der Waals surface area (Å²) in [5, 5.41) is 3.46. The highest BCUT2D eigenvalue weighted by Crippen LogP contribution is 2.20. The molecular formula is C20H18N2O3. The van der Waals surface area contributed by atoms with E-state index in [1.807, 2.05) is 42.5 Å². The highest BCUT2D eigenvalue weighted by Gasteiger charge is 2.23. The minimum atomic E-state index is -0.604. The lowest BCUT2D eigenvalue weighted by Crippen LogP contribution is -2.39. The van der Waals surface area contributed by atoms with Crippen LogP contribution in [-0.2, 0) is 22.6 Å². The van der Waals surface area contributed by atoms with Gasteiger partial charge >= 0.3 is 0 Å². The molecule has 0 bridgehead atoms. The number of aromatic amines is 1. The van der Waals surface area contributed by atoms with Gasteiger partial charge in [0.15, 0.2) is 0 Å². The Hall–Kier alpha value is -2.92. The lowest BCUT2D eigenvalue weighted by molar-refractivity contribution is -0.117. The second-order valence-electron chi connectivity index (χ2n) is 6.19. The Balaban J connectivity index is 1.40. The number of benzene rings is 2. The van der Waals surface area contributed by atoms with Crippen LogP contribution in [0.1, 0.15) is 21.5 Å². The number of nitrogens with one attached hydrogen (secondary N) is 2. The van der Waals surface area contributed by atoms with E-state index in [9.17, 15) is 9.59 Å². The zero-order chi connectivity index (χ0) is 17.2. The second-order valence-corrected chi connectivity index (χ2v) is 6.19. The Morgan fingerprint density at radius 2 is 1.84 bits per heavy atom. The van der Waals surface area contributed by atoms with Crippen molar-refractivity contribution in [1.29, 1.82) is 0 Å². The van der Waals surface area contributed by atoms with Crippen LogP contribution in [0.25, 0.3) is 10.9 Å². The summed E-state index contributed by atoms with van der Waals surface area (Å²) in [7, 11) is 0. The number of aromatic nitrogens is 1. The fourth-order valence-corrected chi connectivity index (χ4v) is 3.21. The van der Waals surface area contributed by atoms with Gasteiger partial charge in [0.25, 0.3) is 11.7 Å². The maximum Gasteiger partial charge on any atom is 0.292 e. The molecule has 0 spiro atoms. The summed E-state index contributed by atoms with van der Waals surface area (Å²) in [6.07, 6.45) is 2.20. The number of carbonyl (C=O) groups excluding carboxylic acids is 2. The summed E-state index contributed by atoms with van der Waals surface area (Å²) >= 11 is 0. The summed E-state index contributed by atoms with van der Waals surface area (Å²) in [6, 6.07) is 15.5. The van der Waals surface area contributed by atoms with E-state index in [1.165, 1.54) is 11.1 Å². The predicted octanol–water partition coefficient (Wildman–Crippen LogP) is 2.61. The molecule has 1 aliphatic rings. The maximum absolute atomic E-state index is 12.4. The molecule has 1 amide bonds. The fraction of sp³-hybridized carbons (Fsp3) is 0.200. The van der Waals surface area contributed by atoms with Gasteiger partial charge in [0.1, 0.15) is 0 Å². The average molecular weight is 334 g/mol. The van der Waals surface area contributed by atoms with Crippen molar-refractivity contribution in [1.82, 2.24) is 10.3 Å². The van der Waals surface area contributed by atoms with Crippen molar-refractivity contribution in [2.24, 2.45) is 0 Å². The minimum absolute atomic E-state index is 0.116. The number of ketones is 1. The number of para-hydroxylation sites is 1. The van der Waals surface area contributed by atoms with Crippen LogP contribution in [-0.4, -0.2) is 29.3 Å². The van der Waals surface area contributed by atoms with Gasteiger partial charge in [-0.25, -0.2) is 0 Å². The lowest BCUT2D eigenvalue weighted by Gasteiger charge is -2.25. The number of fused-ring (bicyclic) bond motifs is 2. The van der Waals surface area contributed by atoms with Gasteiger partial charge in [0.2, 0.25) is 0 Å². The summed E-state index contributed by atoms with van der Waals surface area (Å²) in [5.41, 5.74) is 3.64. The molecule has 5 heteroatoms. The van der Waals surface area contributed by atoms with Crippen LogP contribution in [0.15, 0.2) is 54.7 Å². The van der Waals surface area contributed by atoms with Gasteiger partial charge < -0.3 is 15.0 Å². The third-order valence-electron chi connectivity index (χ3n) is 4.57. The summed E-state index contributed by atoms with van der Waals surface area (Å²) < 4.78 is 5.76. The van der Waals surface area contributed by atoms with Gasteiger partial charge in [-0.15, -0.1) is 0 Å².